The summed E-state index contributed by atoms with van der Waals surface area (Å²) in [5, 5.41) is 4.04. The molecule has 4 rings (SSSR count). The van der Waals surface area contributed by atoms with E-state index in [0.29, 0.717) is 38.4 Å². The van der Waals surface area contributed by atoms with Gasteiger partial charge in [-0.1, -0.05) is 36.4 Å². The van der Waals surface area contributed by atoms with Crippen molar-refractivity contribution in [3.63, 3.8) is 0 Å². The van der Waals surface area contributed by atoms with Crippen LogP contribution in [-0.4, -0.2) is 52.7 Å². The van der Waals surface area contributed by atoms with Gasteiger partial charge in [0.1, 0.15) is 17.0 Å². The van der Waals surface area contributed by atoms with Crippen molar-refractivity contribution in [1.29, 1.82) is 0 Å². The number of carbonyl (C=O) groups is 2. The van der Waals surface area contributed by atoms with Crippen molar-refractivity contribution in [2.75, 3.05) is 19.8 Å². The Morgan fingerprint density at radius 2 is 1.89 bits per heavy atom. The molecule has 0 saturated carbocycles. The predicted molar refractivity (Wildman–Crippen MR) is 137 cm³/mol. The van der Waals surface area contributed by atoms with Crippen LogP contribution in [-0.2, 0) is 22.6 Å². The Morgan fingerprint density at radius 1 is 1.14 bits per heavy atom. The number of nitrogens with zero attached hydrogens (tertiary/aromatic N) is 2. The van der Waals surface area contributed by atoms with Crippen LogP contribution in [0, 0.1) is 0 Å². The first-order valence-electron chi connectivity index (χ1n) is 12.4. The monoisotopic (exact) mass is 477 g/mol. The van der Waals surface area contributed by atoms with Gasteiger partial charge >= 0.3 is 0 Å². The van der Waals surface area contributed by atoms with Gasteiger partial charge < -0.3 is 24.3 Å². The largest absolute Gasteiger partial charge is 0.494 e. The Bertz CT molecular complexity index is 1200. The van der Waals surface area contributed by atoms with Gasteiger partial charge in [0.2, 0.25) is 5.91 Å². The minimum absolute atomic E-state index is 0.153. The Morgan fingerprint density at radius 3 is 2.66 bits per heavy atom. The van der Waals surface area contributed by atoms with Gasteiger partial charge in [-0.05, 0) is 52.3 Å². The number of fused-ring (bicyclic) bond motifs is 3. The fraction of sp³-hybridized carbons (Fsp3) is 0.429. The zero-order valence-corrected chi connectivity index (χ0v) is 21.0. The van der Waals surface area contributed by atoms with Crippen molar-refractivity contribution >= 4 is 22.7 Å². The summed E-state index contributed by atoms with van der Waals surface area (Å²) in [7, 11) is 0. The number of ether oxygens (including phenoxy) is 2. The summed E-state index contributed by atoms with van der Waals surface area (Å²) in [6.45, 7) is 9.99. The molecule has 0 spiro atoms. The van der Waals surface area contributed by atoms with E-state index in [1.54, 1.807) is 4.90 Å². The van der Waals surface area contributed by atoms with Crippen molar-refractivity contribution in [1.82, 2.24) is 14.8 Å². The Labute approximate surface area is 207 Å². The second-order valence-electron chi connectivity index (χ2n) is 9.41. The third kappa shape index (κ3) is 5.05. The van der Waals surface area contributed by atoms with E-state index in [1.165, 1.54) is 0 Å². The molecule has 0 aliphatic carbocycles. The van der Waals surface area contributed by atoms with Gasteiger partial charge in [-0.25, -0.2) is 0 Å². The van der Waals surface area contributed by atoms with Crippen molar-refractivity contribution in [3.8, 4) is 5.75 Å². The maximum Gasteiger partial charge on any atom is 0.271 e. The molecule has 0 saturated heterocycles. The maximum absolute atomic E-state index is 13.9. The fourth-order valence-corrected chi connectivity index (χ4v) is 4.64. The van der Waals surface area contributed by atoms with Gasteiger partial charge in [0.15, 0.2) is 0 Å². The summed E-state index contributed by atoms with van der Waals surface area (Å²) in [5.74, 6) is 0.384. The molecular formula is C28H35N3O4. The lowest BCUT2D eigenvalue weighted by Crippen LogP contribution is -2.63. The lowest BCUT2D eigenvalue weighted by Gasteiger charge is -2.44. The molecule has 0 radical (unpaired) electrons. The molecule has 0 bridgehead atoms. The SMILES string of the molecule is CCOc1ccccc1CN1C(=O)c2cc3ccccc3n2CC1(C)C(=O)NCCCOC(C)C. The molecule has 0 fully saturated rings. The van der Waals surface area contributed by atoms with E-state index in [9.17, 15) is 9.59 Å². The quantitative estimate of drug-likeness (QED) is 0.440. The van der Waals surface area contributed by atoms with Crippen LogP contribution in [0.4, 0.5) is 0 Å². The van der Waals surface area contributed by atoms with Gasteiger partial charge in [0.05, 0.1) is 25.8 Å². The molecule has 7 nitrogen and oxygen atoms in total. The molecular weight excluding hydrogens is 442 g/mol. The fourth-order valence-electron chi connectivity index (χ4n) is 4.64. The number of hydrogen-bond acceptors (Lipinski definition) is 4. The average molecular weight is 478 g/mol. The number of aromatic nitrogens is 1. The molecule has 3 aromatic rings. The summed E-state index contributed by atoms with van der Waals surface area (Å²) < 4.78 is 13.4. The molecule has 35 heavy (non-hydrogen) atoms. The molecule has 2 heterocycles. The standard InChI is InChI=1S/C28H35N3O4/c1-5-34-25-14-9-7-12-22(25)18-31-26(32)24-17-21-11-6-8-13-23(21)30(24)19-28(31,4)27(33)29-15-10-16-35-20(2)3/h6-9,11-14,17,20H,5,10,15-16,18-19H2,1-4H3,(H,29,33). The Kier molecular flexibility index (Phi) is 7.45. The summed E-state index contributed by atoms with van der Waals surface area (Å²) in [5.41, 5.74) is 1.34. The molecule has 1 unspecified atom stereocenters. The van der Waals surface area contributed by atoms with E-state index >= 15 is 0 Å². The van der Waals surface area contributed by atoms with Gasteiger partial charge in [-0.2, -0.15) is 0 Å². The minimum Gasteiger partial charge on any atom is -0.494 e. The second kappa shape index (κ2) is 10.5. The molecule has 1 aliphatic rings. The Hall–Kier alpha value is -3.32. The lowest BCUT2D eigenvalue weighted by molar-refractivity contribution is -0.133. The number of rotatable bonds is 10. The lowest BCUT2D eigenvalue weighted by atomic mass is 9.93. The van der Waals surface area contributed by atoms with Crippen LogP contribution in [0.25, 0.3) is 10.9 Å². The second-order valence-corrected chi connectivity index (χ2v) is 9.41. The third-order valence-electron chi connectivity index (χ3n) is 6.48. The topological polar surface area (TPSA) is 72.8 Å². The van der Waals surface area contributed by atoms with Crippen molar-refractivity contribution in [3.05, 3.63) is 65.9 Å². The number of para-hydroxylation sites is 2. The van der Waals surface area contributed by atoms with Gasteiger partial charge in [-0.3, -0.25) is 9.59 Å². The first-order valence-corrected chi connectivity index (χ1v) is 12.4. The van der Waals surface area contributed by atoms with Crippen LogP contribution >= 0.6 is 0 Å². The number of hydrogen-bond donors (Lipinski definition) is 1. The molecule has 2 amide bonds. The average Bonchev–Trinajstić information content (AvgIpc) is 3.21. The van der Waals surface area contributed by atoms with Crippen LogP contribution in [0.2, 0.25) is 0 Å². The Balaban J connectivity index is 1.67. The number of carbonyl (C=O) groups excluding carboxylic acids is 2. The minimum atomic E-state index is -1.08. The zero-order chi connectivity index (χ0) is 25.0. The van der Waals surface area contributed by atoms with Crippen LogP contribution in [0.3, 0.4) is 0 Å². The van der Waals surface area contributed by atoms with Gasteiger partial charge in [0.25, 0.3) is 5.91 Å². The smallest absolute Gasteiger partial charge is 0.271 e. The molecule has 1 aliphatic heterocycles. The first kappa shape index (κ1) is 24.8. The van der Waals surface area contributed by atoms with Crippen LogP contribution < -0.4 is 10.1 Å². The van der Waals surface area contributed by atoms with E-state index in [4.69, 9.17) is 9.47 Å². The van der Waals surface area contributed by atoms with Crippen molar-refractivity contribution in [2.24, 2.45) is 0 Å². The zero-order valence-electron chi connectivity index (χ0n) is 21.0. The molecule has 2 aromatic carbocycles. The van der Waals surface area contributed by atoms with Crippen LogP contribution in [0.5, 0.6) is 5.75 Å². The maximum atomic E-state index is 13.9. The highest BCUT2D eigenvalue weighted by Crippen LogP contribution is 2.34. The number of benzene rings is 2. The first-order chi connectivity index (χ1) is 16.8. The van der Waals surface area contributed by atoms with Crippen molar-refractivity contribution in [2.45, 2.75) is 58.8 Å². The normalized spacial score (nSPS) is 17.6. The number of amides is 2. The number of nitrogens with one attached hydrogen (secondary N) is 1. The highest BCUT2D eigenvalue weighted by Gasteiger charge is 2.47. The molecule has 1 aromatic heterocycles. The predicted octanol–water partition coefficient (Wildman–Crippen LogP) is 4.39. The van der Waals surface area contributed by atoms with E-state index < -0.39 is 5.54 Å². The van der Waals surface area contributed by atoms with Crippen LogP contribution in [0.1, 0.15) is 50.2 Å². The highest BCUT2D eigenvalue weighted by molar-refractivity contribution is 6.03. The van der Waals surface area contributed by atoms with Gasteiger partial charge in [0, 0.05) is 29.6 Å². The van der Waals surface area contributed by atoms with Crippen LogP contribution in [0.15, 0.2) is 54.6 Å². The molecule has 1 atom stereocenters. The van der Waals surface area contributed by atoms with E-state index in [-0.39, 0.29) is 24.5 Å². The molecule has 1 N–H and O–H groups in total. The van der Waals surface area contributed by atoms with E-state index in [0.717, 1.165) is 22.2 Å². The molecule has 186 valence electrons. The summed E-state index contributed by atoms with van der Waals surface area (Å²) >= 11 is 0. The summed E-state index contributed by atoms with van der Waals surface area (Å²) in [6, 6.07) is 17.5. The van der Waals surface area contributed by atoms with E-state index in [2.05, 4.69) is 5.32 Å². The third-order valence-corrected chi connectivity index (χ3v) is 6.48. The van der Waals surface area contributed by atoms with Gasteiger partial charge in [-0.15, -0.1) is 0 Å². The van der Waals surface area contributed by atoms with Crippen molar-refractivity contribution < 1.29 is 19.1 Å². The highest BCUT2D eigenvalue weighted by atomic mass is 16.5. The summed E-state index contributed by atoms with van der Waals surface area (Å²) in [4.78, 5) is 29.2. The summed E-state index contributed by atoms with van der Waals surface area (Å²) in [6.07, 6.45) is 0.860. The van der Waals surface area contributed by atoms with E-state index in [1.807, 2.05) is 86.9 Å². The molecule has 7 heteroatoms.